The molecule has 0 atom stereocenters. The molecule has 5 heteroatoms. The number of aryl methyl sites for hydroxylation is 1. The number of fused-ring (bicyclic) bond motifs is 1. The van der Waals surface area contributed by atoms with E-state index in [4.69, 9.17) is 4.98 Å². The van der Waals surface area contributed by atoms with E-state index in [9.17, 15) is 4.79 Å². The predicted molar refractivity (Wildman–Crippen MR) is 164 cm³/mol. The fourth-order valence-corrected chi connectivity index (χ4v) is 7.33. The summed E-state index contributed by atoms with van der Waals surface area (Å²) in [5.41, 5.74) is 3.27. The van der Waals surface area contributed by atoms with Crippen LogP contribution in [-0.4, -0.2) is 14.5 Å². The van der Waals surface area contributed by atoms with Gasteiger partial charge in [0.2, 0.25) is 0 Å². The zero-order valence-electron chi connectivity index (χ0n) is 21.5. The SMILES string of the molecule is Cc1cccc(P(c2ccccc2)c2ccccc2)c1-n1c(/C=C/c2ccccn2)nc2ccccc2c1=O. The fraction of sp³-hybridized carbons (Fsp3) is 0.0294. The lowest BCUT2D eigenvalue weighted by Gasteiger charge is -2.25. The molecule has 4 nitrogen and oxygen atoms in total. The number of para-hydroxylation sites is 2. The average molecular weight is 524 g/mol. The van der Waals surface area contributed by atoms with Crippen molar-refractivity contribution in [3.05, 3.63) is 155 Å². The van der Waals surface area contributed by atoms with E-state index in [1.807, 2.05) is 66.7 Å². The van der Waals surface area contributed by atoms with Gasteiger partial charge in [-0.1, -0.05) is 97.1 Å². The Kier molecular flexibility index (Phi) is 6.95. The van der Waals surface area contributed by atoms with Crippen molar-refractivity contribution in [2.24, 2.45) is 0 Å². The first kappa shape index (κ1) is 24.7. The summed E-state index contributed by atoms with van der Waals surface area (Å²) in [6, 6.07) is 40.7. The number of hydrogen-bond donors (Lipinski definition) is 0. The molecule has 39 heavy (non-hydrogen) atoms. The first-order valence-corrected chi connectivity index (χ1v) is 14.2. The Labute approximate surface area is 228 Å². The molecule has 6 rings (SSSR count). The second-order valence-electron chi connectivity index (χ2n) is 9.16. The van der Waals surface area contributed by atoms with Crippen LogP contribution in [0, 0.1) is 6.92 Å². The molecule has 0 aliphatic carbocycles. The fourth-order valence-electron chi connectivity index (χ4n) is 4.81. The maximum atomic E-state index is 14.2. The van der Waals surface area contributed by atoms with Gasteiger partial charge in [-0.25, -0.2) is 4.98 Å². The molecule has 0 aliphatic heterocycles. The maximum Gasteiger partial charge on any atom is 0.266 e. The van der Waals surface area contributed by atoms with Gasteiger partial charge in [0.1, 0.15) is 5.82 Å². The molecule has 0 amide bonds. The lowest BCUT2D eigenvalue weighted by molar-refractivity contribution is 0.940. The van der Waals surface area contributed by atoms with Gasteiger partial charge in [-0.3, -0.25) is 14.3 Å². The van der Waals surface area contributed by atoms with Gasteiger partial charge in [0.05, 0.1) is 22.3 Å². The van der Waals surface area contributed by atoms with E-state index in [0.29, 0.717) is 16.7 Å². The third kappa shape index (κ3) is 4.95. The number of hydrogen-bond acceptors (Lipinski definition) is 3. The largest absolute Gasteiger partial charge is 0.268 e. The van der Waals surface area contributed by atoms with Gasteiger partial charge < -0.3 is 0 Å². The molecule has 188 valence electrons. The van der Waals surface area contributed by atoms with Crippen molar-refractivity contribution in [1.29, 1.82) is 0 Å². The third-order valence-electron chi connectivity index (χ3n) is 6.60. The predicted octanol–water partition coefficient (Wildman–Crippen LogP) is 6.02. The Morgan fingerprint density at radius 1 is 0.692 bits per heavy atom. The van der Waals surface area contributed by atoms with Gasteiger partial charge in [-0.05, 0) is 67.4 Å². The summed E-state index contributed by atoms with van der Waals surface area (Å²) >= 11 is 0. The minimum absolute atomic E-state index is 0.0899. The summed E-state index contributed by atoms with van der Waals surface area (Å²) in [5, 5.41) is 4.13. The molecule has 0 radical (unpaired) electrons. The molecular weight excluding hydrogens is 497 g/mol. The van der Waals surface area contributed by atoms with E-state index in [2.05, 4.69) is 78.6 Å². The van der Waals surface area contributed by atoms with Gasteiger partial charge in [0.15, 0.2) is 0 Å². The Hall–Kier alpha value is -4.66. The lowest BCUT2D eigenvalue weighted by atomic mass is 10.1. The second kappa shape index (κ2) is 11.0. The van der Waals surface area contributed by atoms with Gasteiger partial charge >= 0.3 is 0 Å². The number of benzene rings is 4. The highest BCUT2D eigenvalue weighted by molar-refractivity contribution is 7.80. The average Bonchev–Trinajstić information content (AvgIpc) is 2.99. The molecule has 0 fully saturated rings. The summed E-state index contributed by atoms with van der Waals surface area (Å²) in [4.78, 5) is 23.6. The van der Waals surface area contributed by atoms with Crippen LogP contribution in [0.4, 0.5) is 0 Å². The zero-order chi connectivity index (χ0) is 26.6. The maximum absolute atomic E-state index is 14.2. The Morgan fingerprint density at radius 2 is 1.36 bits per heavy atom. The summed E-state index contributed by atoms with van der Waals surface area (Å²) in [5.74, 6) is 0.566. The summed E-state index contributed by atoms with van der Waals surface area (Å²) in [6.07, 6.45) is 5.55. The van der Waals surface area contributed by atoms with Crippen LogP contribution in [0.2, 0.25) is 0 Å². The topological polar surface area (TPSA) is 47.8 Å². The smallest absolute Gasteiger partial charge is 0.266 e. The van der Waals surface area contributed by atoms with Gasteiger partial charge in [-0.15, -0.1) is 0 Å². The molecular formula is C34H26N3OP. The second-order valence-corrected chi connectivity index (χ2v) is 11.4. The van der Waals surface area contributed by atoms with Crippen molar-refractivity contribution in [1.82, 2.24) is 14.5 Å². The van der Waals surface area contributed by atoms with Crippen molar-refractivity contribution in [2.75, 3.05) is 0 Å². The minimum Gasteiger partial charge on any atom is -0.268 e. The van der Waals surface area contributed by atoms with Crippen molar-refractivity contribution >= 4 is 46.9 Å². The highest BCUT2D eigenvalue weighted by Gasteiger charge is 2.24. The lowest BCUT2D eigenvalue weighted by Crippen LogP contribution is -2.30. The van der Waals surface area contributed by atoms with Gasteiger partial charge in [-0.2, -0.15) is 0 Å². The Balaban J connectivity index is 1.66. The minimum atomic E-state index is -0.952. The van der Waals surface area contributed by atoms with Crippen molar-refractivity contribution in [3.63, 3.8) is 0 Å². The molecule has 6 aromatic rings. The number of nitrogens with zero attached hydrogens (tertiary/aromatic N) is 3. The molecule has 0 spiro atoms. The van der Waals surface area contributed by atoms with E-state index in [1.54, 1.807) is 10.8 Å². The zero-order valence-corrected chi connectivity index (χ0v) is 22.4. The van der Waals surface area contributed by atoms with Gasteiger partial charge in [0, 0.05) is 11.5 Å². The van der Waals surface area contributed by atoms with Crippen LogP contribution < -0.4 is 21.5 Å². The highest BCUT2D eigenvalue weighted by Crippen LogP contribution is 2.36. The molecule has 2 heterocycles. The van der Waals surface area contributed by atoms with Crippen LogP contribution in [-0.2, 0) is 0 Å². The molecule has 2 aromatic heterocycles. The standard InChI is InChI=1S/C34H26N3OP/c1-25-13-12-21-31(39(27-15-4-2-5-16-27)28-17-6-3-7-18-28)33(25)37-32(23-22-26-14-10-11-24-35-26)36-30-20-9-8-19-29(30)34(37)38/h2-24H,1H3/b23-22+. The van der Waals surface area contributed by atoms with Crippen LogP contribution in [0.15, 0.2) is 132 Å². The van der Waals surface area contributed by atoms with E-state index in [-0.39, 0.29) is 5.56 Å². The number of pyridine rings is 1. The normalized spacial score (nSPS) is 11.4. The first-order valence-electron chi connectivity index (χ1n) is 12.8. The molecule has 0 aliphatic rings. The van der Waals surface area contributed by atoms with E-state index in [0.717, 1.165) is 22.2 Å². The van der Waals surface area contributed by atoms with Crippen LogP contribution in [0.25, 0.3) is 28.7 Å². The van der Waals surface area contributed by atoms with E-state index < -0.39 is 7.92 Å². The Bertz CT molecular complexity index is 1790. The van der Waals surface area contributed by atoms with Crippen molar-refractivity contribution in [3.8, 4) is 5.69 Å². The van der Waals surface area contributed by atoms with Crippen molar-refractivity contribution in [2.45, 2.75) is 6.92 Å². The molecule has 0 saturated carbocycles. The summed E-state index contributed by atoms with van der Waals surface area (Å²) in [7, 11) is -0.952. The summed E-state index contributed by atoms with van der Waals surface area (Å²) < 4.78 is 1.79. The van der Waals surface area contributed by atoms with Crippen LogP contribution in [0.5, 0.6) is 0 Å². The number of rotatable bonds is 6. The molecule has 0 unspecified atom stereocenters. The molecule has 0 N–H and O–H groups in total. The first-order chi connectivity index (χ1) is 19.2. The van der Waals surface area contributed by atoms with Crippen LogP contribution >= 0.6 is 7.92 Å². The molecule has 0 bridgehead atoms. The van der Waals surface area contributed by atoms with Crippen molar-refractivity contribution < 1.29 is 0 Å². The van der Waals surface area contributed by atoms with Crippen LogP contribution in [0.1, 0.15) is 17.1 Å². The highest BCUT2D eigenvalue weighted by atomic mass is 31.1. The van der Waals surface area contributed by atoms with Crippen LogP contribution in [0.3, 0.4) is 0 Å². The quantitative estimate of drug-likeness (QED) is 0.251. The number of aromatic nitrogens is 3. The molecule has 4 aromatic carbocycles. The monoisotopic (exact) mass is 523 g/mol. The third-order valence-corrected chi connectivity index (χ3v) is 9.07. The Morgan fingerprint density at radius 3 is 2.05 bits per heavy atom. The van der Waals surface area contributed by atoms with E-state index >= 15 is 0 Å². The molecule has 0 saturated heterocycles. The summed E-state index contributed by atoms with van der Waals surface area (Å²) in [6.45, 7) is 2.07. The van der Waals surface area contributed by atoms with E-state index in [1.165, 1.54) is 10.6 Å². The van der Waals surface area contributed by atoms with Gasteiger partial charge in [0.25, 0.3) is 5.56 Å².